The van der Waals surface area contributed by atoms with E-state index >= 15 is 0 Å². The van der Waals surface area contributed by atoms with Gasteiger partial charge in [0.05, 0.1) is 13.0 Å². The van der Waals surface area contributed by atoms with Crippen LogP contribution in [0.3, 0.4) is 0 Å². The zero-order chi connectivity index (χ0) is 20.5. The summed E-state index contributed by atoms with van der Waals surface area (Å²) in [5.74, 6) is -0.986. The molecule has 0 saturated heterocycles. The van der Waals surface area contributed by atoms with Crippen LogP contribution in [0.4, 0.5) is 5.69 Å². The summed E-state index contributed by atoms with van der Waals surface area (Å²) in [6.07, 6.45) is 0.869. The molecule has 0 fully saturated rings. The SMILES string of the molecule is COC(=O)C(CC=O)c1cccc(N(Cc2ccccc2)Cc2ccccc2)c1. The number of nitrogens with zero attached hydrogens (tertiary/aromatic N) is 1. The fourth-order valence-electron chi connectivity index (χ4n) is 3.39. The van der Waals surface area contributed by atoms with Crippen molar-refractivity contribution in [1.82, 2.24) is 0 Å². The van der Waals surface area contributed by atoms with Crippen LogP contribution in [-0.4, -0.2) is 19.4 Å². The average Bonchev–Trinajstić information content (AvgIpc) is 2.78. The number of carbonyl (C=O) groups excluding carboxylic acids is 2. The summed E-state index contributed by atoms with van der Waals surface area (Å²) in [4.78, 5) is 25.5. The standard InChI is InChI=1S/C25H25NO3/c1-29-25(28)24(15-16-27)22-13-8-14-23(17-22)26(18-20-9-4-2-5-10-20)19-21-11-6-3-7-12-21/h2-14,16-17,24H,15,18-19H2,1H3. The quantitative estimate of drug-likeness (QED) is 0.393. The summed E-state index contributed by atoms with van der Waals surface area (Å²) in [7, 11) is 1.35. The number of rotatable bonds is 9. The third-order valence-corrected chi connectivity index (χ3v) is 4.89. The van der Waals surface area contributed by atoms with Crippen molar-refractivity contribution >= 4 is 17.9 Å². The van der Waals surface area contributed by atoms with Crippen molar-refractivity contribution in [2.24, 2.45) is 0 Å². The van der Waals surface area contributed by atoms with Gasteiger partial charge in [0.2, 0.25) is 0 Å². The molecule has 3 aromatic rings. The first-order valence-electron chi connectivity index (χ1n) is 9.65. The molecule has 3 rings (SSSR count). The first-order valence-corrected chi connectivity index (χ1v) is 9.65. The summed E-state index contributed by atoms with van der Waals surface area (Å²) < 4.78 is 4.90. The number of aldehydes is 1. The fourth-order valence-corrected chi connectivity index (χ4v) is 3.39. The van der Waals surface area contributed by atoms with Crippen LogP contribution in [0.5, 0.6) is 0 Å². The maximum absolute atomic E-state index is 12.2. The lowest BCUT2D eigenvalue weighted by Gasteiger charge is -2.26. The average molecular weight is 387 g/mol. The second kappa shape index (κ2) is 10.2. The maximum atomic E-state index is 12.2. The molecule has 4 heteroatoms. The van der Waals surface area contributed by atoms with E-state index in [0.717, 1.165) is 30.6 Å². The number of methoxy groups -OCH3 is 1. The lowest BCUT2D eigenvalue weighted by Crippen LogP contribution is -2.23. The molecule has 0 aliphatic carbocycles. The van der Waals surface area contributed by atoms with Crippen molar-refractivity contribution in [1.29, 1.82) is 0 Å². The number of carbonyl (C=O) groups is 2. The summed E-state index contributed by atoms with van der Waals surface area (Å²) in [6, 6.07) is 28.4. The van der Waals surface area contributed by atoms with Gasteiger partial charge in [-0.15, -0.1) is 0 Å². The lowest BCUT2D eigenvalue weighted by atomic mass is 9.95. The number of hydrogen-bond donors (Lipinski definition) is 0. The van der Waals surface area contributed by atoms with E-state index < -0.39 is 11.9 Å². The van der Waals surface area contributed by atoms with Gasteiger partial charge in [-0.2, -0.15) is 0 Å². The topological polar surface area (TPSA) is 46.6 Å². The molecule has 0 amide bonds. The van der Waals surface area contributed by atoms with E-state index in [0.29, 0.717) is 0 Å². The van der Waals surface area contributed by atoms with Crippen molar-refractivity contribution in [2.45, 2.75) is 25.4 Å². The molecule has 0 radical (unpaired) electrons. The van der Waals surface area contributed by atoms with E-state index in [2.05, 4.69) is 29.2 Å². The number of esters is 1. The van der Waals surface area contributed by atoms with Gasteiger partial charge in [-0.05, 0) is 28.8 Å². The molecule has 0 saturated carbocycles. The molecule has 1 atom stereocenters. The maximum Gasteiger partial charge on any atom is 0.313 e. The van der Waals surface area contributed by atoms with Crippen molar-refractivity contribution in [2.75, 3.05) is 12.0 Å². The zero-order valence-corrected chi connectivity index (χ0v) is 16.5. The molecule has 4 nitrogen and oxygen atoms in total. The van der Waals surface area contributed by atoms with Crippen molar-refractivity contribution < 1.29 is 14.3 Å². The number of ether oxygens (including phenoxy) is 1. The van der Waals surface area contributed by atoms with Crippen molar-refractivity contribution in [3.8, 4) is 0 Å². The Bertz CT molecular complexity index is 884. The van der Waals surface area contributed by atoms with Crippen molar-refractivity contribution in [3.05, 3.63) is 102 Å². The highest BCUT2D eigenvalue weighted by Crippen LogP contribution is 2.27. The van der Waals surface area contributed by atoms with Gasteiger partial charge < -0.3 is 14.4 Å². The molecule has 0 heterocycles. The number of benzene rings is 3. The zero-order valence-electron chi connectivity index (χ0n) is 16.5. The van der Waals surface area contributed by atoms with E-state index in [1.807, 2.05) is 60.7 Å². The minimum absolute atomic E-state index is 0.105. The van der Waals surface area contributed by atoms with Crippen molar-refractivity contribution in [3.63, 3.8) is 0 Å². The summed E-state index contributed by atoms with van der Waals surface area (Å²) in [6.45, 7) is 1.46. The molecule has 0 bridgehead atoms. The Kier molecular flexibility index (Phi) is 7.17. The normalized spacial score (nSPS) is 11.5. The predicted molar refractivity (Wildman–Crippen MR) is 115 cm³/mol. The number of hydrogen-bond acceptors (Lipinski definition) is 4. The first kappa shape index (κ1) is 20.3. The largest absolute Gasteiger partial charge is 0.469 e. The Balaban J connectivity index is 1.94. The van der Waals surface area contributed by atoms with E-state index in [1.54, 1.807) is 0 Å². The van der Waals surface area contributed by atoms with Gasteiger partial charge in [0, 0.05) is 25.2 Å². The minimum atomic E-state index is -0.590. The second-order valence-electron chi connectivity index (χ2n) is 6.90. The Hall–Kier alpha value is -3.40. The molecular formula is C25H25NO3. The van der Waals surface area contributed by atoms with Crippen LogP contribution < -0.4 is 4.90 Å². The molecule has 148 valence electrons. The van der Waals surface area contributed by atoms with Crippen LogP contribution in [-0.2, 0) is 27.4 Å². The van der Waals surface area contributed by atoms with Crippen LogP contribution >= 0.6 is 0 Å². The van der Waals surface area contributed by atoms with E-state index in [9.17, 15) is 9.59 Å². The van der Waals surface area contributed by atoms with Crippen LogP contribution in [0, 0.1) is 0 Å². The molecule has 3 aromatic carbocycles. The molecule has 29 heavy (non-hydrogen) atoms. The van der Waals surface area contributed by atoms with E-state index in [-0.39, 0.29) is 6.42 Å². The highest BCUT2D eigenvalue weighted by Gasteiger charge is 2.22. The van der Waals surface area contributed by atoms with Gasteiger partial charge in [-0.3, -0.25) is 4.79 Å². The molecular weight excluding hydrogens is 362 g/mol. The fraction of sp³-hybridized carbons (Fsp3) is 0.200. The van der Waals surface area contributed by atoms with Gasteiger partial charge in [-0.25, -0.2) is 0 Å². The van der Waals surface area contributed by atoms with Gasteiger partial charge in [0.25, 0.3) is 0 Å². The Labute approximate surface area is 171 Å². The molecule has 0 spiro atoms. The Morgan fingerprint density at radius 2 is 1.48 bits per heavy atom. The Morgan fingerprint density at radius 3 is 2.00 bits per heavy atom. The monoisotopic (exact) mass is 387 g/mol. The van der Waals surface area contributed by atoms with Crippen LogP contribution in [0.15, 0.2) is 84.9 Å². The van der Waals surface area contributed by atoms with Crippen LogP contribution in [0.25, 0.3) is 0 Å². The van der Waals surface area contributed by atoms with Crippen LogP contribution in [0.1, 0.15) is 29.0 Å². The summed E-state index contributed by atoms with van der Waals surface area (Å²) >= 11 is 0. The summed E-state index contributed by atoms with van der Waals surface area (Å²) in [5.41, 5.74) is 4.18. The number of anilines is 1. The highest BCUT2D eigenvalue weighted by atomic mass is 16.5. The Morgan fingerprint density at radius 1 is 0.897 bits per heavy atom. The van der Waals surface area contributed by atoms with Gasteiger partial charge >= 0.3 is 5.97 Å². The molecule has 0 N–H and O–H groups in total. The predicted octanol–water partition coefficient (Wildman–Crippen LogP) is 4.74. The van der Waals surface area contributed by atoms with Gasteiger partial charge in [-0.1, -0.05) is 72.8 Å². The summed E-state index contributed by atoms with van der Waals surface area (Å²) in [5, 5.41) is 0. The molecule has 0 aliphatic heterocycles. The third kappa shape index (κ3) is 5.55. The molecule has 0 aromatic heterocycles. The van der Waals surface area contributed by atoms with E-state index in [1.165, 1.54) is 18.2 Å². The molecule has 1 unspecified atom stereocenters. The second-order valence-corrected chi connectivity index (χ2v) is 6.90. The van der Waals surface area contributed by atoms with Gasteiger partial charge in [0.15, 0.2) is 0 Å². The first-order chi connectivity index (χ1) is 14.2. The minimum Gasteiger partial charge on any atom is -0.469 e. The highest BCUT2D eigenvalue weighted by molar-refractivity contribution is 5.81. The molecule has 0 aliphatic rings. The lowest BCUT2D eigenvalue weighted by molar-refractivity contribution is -0.143. The van der Waals surface area contributed by atoms with Gasteiger partial charge in [0.1, 0.15) is 6.29 Å². The smallest absolute Gasteiger partial charge is 0.313 e. The third-order valence-electron chi connectivity index (χ3n) is 4.89. The van der Waals surface area contributed by atoms with E-state index in [4.69, 9.17) is 4.74 Å². The van der Waals surface area contributed by atoms with Crippen LogP contribution in [0.2, 0.25) is 0 Å².